The molecule has 138 valence electrons. The van der Waals surface area contributed by atoms with E-state index in [1.165, 1.54) is 6.07 Å². The Labute approximate surface area is 148 Å². The predicted octanol–water partition coefficient (Wildman–Crippen LogP) is 2.78. The van der Waals surface area contributed by atoms with Crippen LogP contribution in [0.25, 0.3) is 0 Å². The third-order valence-corrected chi connectivity index (χ3v) is 4.37. The highest BCUT2D eigenvalue weighted by Crippen LogP contribution is 2.40. The largest absolute Gasteiger partial charge is 0.508 e. The number of hydrogen-bond acceptors (Lipinski definition) is 6. The van der Waals surface area contributed by atoms with E-state index in [1.54, 1.807) is 12.1 Å². The van der Waals surface area contributed by atoms with Crippen LogP contribution in [0.1, 0.15) is 50.4 Å². The number of likely N-dealkylation sites (tertiary alicyclic amines) is 1. The summed E-state index contributed by atoms with van der Waals surface area (Å²) in [5, 5.41) is 9.50. The van der Waals surface area contributed by atoms with Crippen molar-refractivity contribution in [2.75, 3.05) is 20.1 Å². The van der Waals surface area contributed by atoms with Crippen LogP contribution < -0.4 is 4.74 Å². The Morgan fingerprint density at radius 2 is 1.92 bits per heavy atom. The molecular weight excluding hydrogens is 322 g/mol. The summed E-state index contributed by atoms with van der Waals surface area (Å²) in [7, 11) is 2.08. The first-order valence-corrected chi connectivity index (χ1v) is 8.49. The Bertz CT molecular complexity index is 627. The number of hydrogen-bond donors (Lipinski definition) is 1. The quantitative estimate of drug-likeness (QED) is 0.786. The molecule has 0 aliphatic carbocycles. The van der Waals surface area contributed by atoms with Crippen LogP contribution in [0.4, 0.5) is 0 Å². The normalized spacial score (nSPS) is 19.3. The van der Waals surface area contributed by atoms with Gasteiger partial charge in [0.15, 0.2) is 5.78 Å². The Hall–Kier alpha value is -2.08. The zero-order chi connectivity index (χ0) is 18.7. The smallest absolute Gasteiger partial charge is 0.293 e. The van der Waals surface area contributed by atoms with E-state index < -0.39 is 0 Å². The van der Waals surface area contributed by atoms with Crippen molar-refractivity contribution in [3.63, 3.8) is 0 Å². The molecular formula is C19H27NO5. The molecule has 1 aromatic rings. The number of aromatic hydroxyl groups is 1. The van der Waals surface area contributed by atoms with Gasteiger partial charge in [-0.25, -0.2) is 0 Å². The average molecular weight is 349 g/mol. The molecule has 6 heteroatoms. The molecule has 1 saturated heterocycles. The molecule has 0 aromatic heterocycles. The number of fused-ring (bicyclic) bond motifs is 1. The molecule has 2 aliphatic heterocycles. The lowest BCUT2D eigenvalue weighted by Crippen LogP contribution is -2.50. The minimum absolute atomic E-state index is 0.126. The molecule has 0 bridgehead atoms. The number of phenolic OH excluding ortho intramolecular Hbond substituents is 1. The molecule has 25 heavy (non-hydrogen) atoms. The lowest BCUT2D eigenvalue weighted by Gasteiger charge is -2.43. The lowest BCUT2D eigenvalue weighted by molar-refractivity contribution is -0.138. The Morgan fingerprint density at radius 3 is 2.44 bits per heavy atom. The molecule has 1 fully saturated rings. The first-order valence-electron chi connectivity index (χ1n) is 8.49. The molecule has 1 spiro atoms. The van der Waals surface area contributed by atoms with Crippen LogP contribution in [-0.2, 0) is 9.53 Å². The molecule has 1 aromatic carbocycles. The number of ether oxygens (including phenoxy) is 2. The molecule has 2 aliphatic rings. The van der Waals surface area contributed by atoms with Gasteiger partial charge in [-0.05, 0) is 40.0 Å². The van der Waals surface area contributed by atoms with E-state index >= 15 is 0 Å². The molecule has 6 nitrogen and oxygen atoms in total. The van der Waals surface area contributed by atoms with Crippen LogP contribution in [0.3, 0.4) is 0 Å². The summed E-state index contributed by atoms with van der Waals surface area (Å²) in [5.74, 6) is 0.808. The van der Waals surface area contributed by atoms with Gasteiger partial charge in [0.05, 0.1) is 12.0 Å². The van der Waals surface area contributed by atoms with E-state index in [2.05, 4.69) is 16.7 Å². The summed E-state index contributed by atoms with van der Waals surface area (Å²) >= 11 is 0. The minimum Gasteiger partial charge on any atom is -0.508 e. The third-order valence-electron chi connectivity index (χ3n) is 4.37. The first-order chi connectivity index (χ1) is 11.6. The summed E-state index contributed by atoms with van der Waals surface area (Å²) in [6, 6.07) is 4.73. The second kappa shape index (κ2) is 7.44. The number of phenols is 1. The summed E-state index contributed by atoms with van der Waals surface area (Å²) in [4.78, 5) is 24.0. The van der Waals surface area contributed by atoms with Crippen LogP contribution in [-0.4, -0.2) is 53.6 Å². The third kappa shape index (κ3) is 5.19. The number of benzene rings is 1. The number of ketones is 1. The second-order valence-electron chi connectivity index (χ2n) is 7.70. The van der Waals surface area contributed by atoms with Gasteiger partial charge in [0.2, 0.25) is 0 Å². The Morgan fingerprint density at radius 1 is 1.28 bits per heavy atom. The Balaban J connectivity index is 0.000000277. The fourth-order valence-electron chi connectivity index (χ4n) is 2.93. The molecule has 0 radical (unpaired) electrons. The number of carbonyl (C=O) groups is 2. The molecule has 0 unspecified atom stereocenters. The summed E-state index contributed by atoms with van der Waals surface area (Å²) < 4.78 is 10.6. The van der Waals surface area contributed by atoms with Gasteiger partial charge in [-0.3, -0.25) is 9.59 Å². The fourth-order valence-corrected chi connectivity index (χ4v) is 2.93. The summed E-state index contributed by atoms with van der Waals surface area (Å²) in [6.07, 6.45) is 2.19. The van der Waals surface area contributed by atoms with Gasteiger partial charge >= 0.3 is 0 Å². The maximum atomic E-state index is 12.2. The summed E-state index contributed by atoms with van der Waals surface area (Å²) in [5.41, 5.74) is -0.0797. The van der Waals surface area contributed by atoms with Crippen LogP contribution in [0.5, 0.6) is 11.5 Å². The van der Waals surface area contributed by atoms with E-state index in [0.29, 0.717) is 24.2 Å². The average Bonchev–Trinajstić information content (AvgIpc) is 2.49. The molecule has 1 N–H and O–H groups in total. The second-order valence-corrected chi connectivity index (χ2v) is 7.70. The van der Waals surface area contributed by atoms with Crippen LogP contribution in [0, 0.1) is 0 Å². The topological polar surface area (TPSA) is 76.1 Å². The molecule has 0 saturated carbocycles. The van der Waals surface area contributed by atoms with Gasteiger partial charge < -0.3 is 19.5 Å². The number of piperidine rings is 1. The number of nitrogens with zero attached hydrogens (tertiary/aromatic N) is 1. The van der Waals surface area contributed by atoms with Crippen molar-refractivity contribution >= 4 is 12.3 Å². The fraction of sp³-hybridized carbons (Fsp3) is 0.579. The predicted molar refractivity (Wildman–Crippen MR) is 94.0 cm³/mol. The number of Topliss-reactive ketones (excluding diaryl/α,β-unsaturated/α-hetero) is 1. The van der Waals surface area contributed by atoms with Crippen LogP contribution in [0.2, 0.25) is 0 Å². The van der Waals surface area contributed by atoms with Crippen molar-refractivity contribution < 1.29 is 24.2 Å². The number of carbonyl (C=O) groups excluding carboxylic acids is 2. The van der Waals surface area contributed by atoms with Crippen molar-refractivity contribution in [3.8, 4) is 11.5 Å². The highest BCUT2D eigenvalue weighted by Gasteiger charge is 2.42. The van der Waals surface area contributed by atoms with Crippen molar-refractivity contribution in [1.82, 2.24) is 4.90 Å². The van der Waals surface area contributed by atoms with E-state index in [9.17, 15) is 14.7 Å². The van der Waals surface area contributed by atoms with Crippen LogP contribution >= 0.6 is 0 Å². The van der Waals surface area contributed by atoms with Gasteiger partial charge in [-0.15, -0.1) is 0 Å². The van der Waals surface area contributed by atoms with E-state index in [1.807, 2.05) is 20.8 Å². The van der Waals surface area contributed by atoms with E-state index in [0.717, 1.165) is 25.9 Å². The molecule has 2 heterocycles. The van der Waals surface area contributed by atoms with Crippen molar-refractivity contribution in [3.05, 3.63) is 23.8 Å². The molecule has 0 amide bonds. The summed E-state index contributed by atoms with van der Waals surface area (Å²) in [6.45, 7) is 7.81. The van der Waals surface area contributed by atoms with E-state index in [4.69, 9.17) is 4.74 Å². The lowest BCUT2D eigenvalue weighted by atomic mass is 9.82. The van der Waals surface area contributed by atoms with Crippen molar-refractivity contribution in [1.29, 1.82) is 0 Å². The van der Waals surface area contributed by atoms with Gasteiger partial charge in [0.1, 0.15) is 22.7 Å². The number of rotatable bonds is 1. The molecule has 0 atom stereocenters. The highest BCUT2D eigenvalue weighted by molar-refractivity contribution is 6.00. The standard InChI is InChI=1S/C14H17NO3.C5H10O2/c1-15-6-4-14(5-7-15)9-12(17)11-3-2-10(16)8-13(11)18-14;1-5(2,3)7-4-6/h2-3,8,16H,4-7,9H2,1H3;4H,1-3H3. The maximum Gasteiger partial charge on any atom is 0.293 e. The van der Waals surface area contributed by atoms with Crippen molar-refractivity contribution in [2.24, 2.45) is 0 Å². The zero-order valence-electron chi connectivity index (χ0n) is 15.4. The first kappa shape index (κ1) is 19.2. The SMILES string of the molecule is CC(C)(C)OC=O.CN1CCC2(CC1)CC(=O)c1ccc(O)cc1O2. The minimum atomic E-state index is -0.357. The van der Waals surface area contributed by atoms with Gasteiger partial charge in [-0.2, -0.15) is 0 Å². The van der Waals surface area contributed by atoms with E-state index in [-0.39, 0.29) is 22.7 Å². The van der Waals surface area contributed by atoms with Crippen molar-refractivity contribution in [2.45, 2.75) is 51.2 Å². The van der Waals surface area contributed by atoms with Crippen LogP contribution in [0.15, 0.2) is 18.2 Å². The Kier molecular flexibility index (Phi) is 5.72. The molecule has 3 rings (SSSR count). The zero-order valence-corrected chi connectivity index (χ0v) is 15.4. The van der Waals surface area contributed by atoms with Gasteiger partial charge in [0.25, 0.3) is 6.47 Å². The highest BCUT2D eigenvalue weighted by atomic mass is 16.5. The maximum absolute atomic E-state index is 12.2. The van der Waals surface area contributed by atoms with Gasteiger partial charge in [-0.1, -0.05) is 0 Å². The monoisotopic (exact) mass is 349 g/mol. The van der Waals surface area contributed by atoms with Gasteiger partial charge in [0, 0.05) is 32.0 Å².